The Hall–Kier alpha value is -2.21. The minimum atomic E-state index is -1.01. The van der Waals surface area contributed by atoms with Gasteiger partial charge >= 0.3 is 11.9 Å². The summed E-state index contributed by atoms with van der Waals surface area (Å²) in [5.41, 5.74) is 5.97. The molecule has 1 aromatic carbocycles. The van der Waals surface area contributed by atoms with E-state index < -0.39 is 11.9 Å². The predicted octanol–water partition coefficient (Wildman–Crippen LogP) is 0.736. The van der Waals surface area contributed by atoms with Crippen LogP contribution in [0.3, 0.4) is 0 Å². The van der Waals surface area contributed by atoms with Gasteiger partial charge in [0.25, 0.3) is 0 Å². The van der Waals surface area contributed by atoms with Crippen molar-refractivity contribution in [1.82, 2.24) is 0 Å². The van der Waals surface area contributed by atoms with Gasteiger partial charge in [0.15, 0.2) is 0 Å². The second-order valence-corrected chi connectivity index (χ2v) is 3.91. The summed E-state index contributed by atoms with van der Waals surface area (Å²) in [5.74, 6) is -1.68. The average molecular weight is 265 g/mol. The summed E-state index contributed by atoms with van der Waals surface area (Å²) in [7, 11) is 0. The summed E-state index contributed by atoms with van der Waals surface area (Å²) in [4.78, 5) is 32.8. The Morgan fingerprint density at radius 3 is 2.26 bits per heavy atom. The van der Waals surface area contributed by atoms with E-state index in [0.29, 0.717) is 5.56 Å². The maximum atomic E-state index is 11.3. The summed E-state index contributed by atoms with van der Waals surface area (Å²) < 4.78 is 4.94. The van der Waals surface area contributed by atoms with E-state index in [2.05, 4.69) is 0 Å². The highest BCUT2D eigenvalue weighted by molar-refractivity contribution is 5.87. The number of ketones is 1. The number of nitrogens with two attached hydrogens (primary N) is 1. The van der Waals surface area contributed by atoms with E-state index in [1.807, 2.05) is 0 Å². The number of carboxylic acid groups (broad SMARTS) is 1. The zero-order valence-electron chi connectivity index (χ0n) is 10.3. The molecule has 6 nitrogen and oxygen atoms in total. The maximum Gasteiger partial charge on any atom is 0.335 e. The van der Waals surface area contributed by atoms with E-state index in [4.69, 9.17) is 15.6 Å². The van der Waals surface area contributed by atoms with E-state index in [9.17, 15) is 14.4 Å². The molecule has 3 N–H and O–H groups in total. The Morgan fingerprint density at radius 2 is 1.74 bits per heavy atom. The zero-order valence-corrected chi connectivity index (χ0v) is 10.3. The molecule has 6 heteroatoms. The highest BCUT2D eigenvalue weighted by Crippen LogP contribution is 2.06. The summed E-state index contributed by atoms with van der Waals surface area (Å²) >= 11 is 0. The largest absolute Gasteiger partial charge is 0.478 e. The van der Waals surface area contributed by atoms with E-state index in [0.717, 1.165) is 0 Å². The van der Waals surface area contributed by atoms with Crippen molar-refractivity contribution in [3.05, 3.63) is 35.4 Å². The molecule has 0 heterocycles. The van der Waals surface area contributed by atoms with Crippen LogP contribution in [-0.2, 0) is 20.9 Å². The number of esters is 1. The molecule has 0 aliphatic rings. The minimum Gasteiger partial charge on any atom is -0.478 e. The number of hydrogen-bond acceptors (Lipinski definition) is 5. The molecule has 0 aromatic heterocycles. The van der Waals surface area contributed by atoms with Crippen molar-refractivity contribution in [3.8, 4) is 0 Å². The van der Waals surface area contributed by atoms with E-state index in [1.54, 1.807) is 12.1 Å². The standard InChI is InChI=1S/C13H15NO5/c14-7-11(15)5-6-12(16)19-8-9-1-3-10(4-2-9)13(17)18/h1-4H,5-8,14H2,(H,17,18). The van der Waals surface area contributed by atoms with Gasteiger partial charge in [0.2, 0.25) is 0 Å². The van der Waals surface area contributed by atoms with Crippen molar-refractivity contribution in [3.63, 3.8) is 0 Å². The molecule has 1 rings (SSSR count). The quantitative estimate of drug-likeness (QED) is 0.704. The monoisotopic (exact) mass is 265 g/mol. The van der Waals surface area contributed by atoms with Crippen molar-refractivity contribution in [2.24, 2.45) is 5.73 Å². The van der Waals surface area contributed by atoms with Gasteiger partial charge < -0.3 is 15.6 Å². The second-order valence-electron chi connectivity index (χ2n) is 3.91. The number of carboxylic acids is 1. The second kappa shape index (κ2) is 7.27. The number of carbonyl (C=O) groups is 3. The highest BCUT2D eigenvalue weighted by Gasteiger charge is 2.07. The first-order valence-corrected chi connectivity index (χ1v) is 5.72. The lowest BCUT2D eigenvalue weighted by molar-refractivity contribution is -0.146. The van der Waals surface area contributed by atoms with E-state index in [1.165, 1.54) is 12.1 Å². The van der Waals surface area contributed by atoms with Crippen LogP contribution in [-0.4, -0.2) is 29.4 Å². The van der Waals surface area contributed by atoms with E-state index >= 15 is 0 Å². The Balaban J connectivity index is 2.37. The van der Waals surface area contributed by atoms with Gasteiger partial charge in [-0.15, -0.1) is 0 Å². The fraction of sp³-hybridized carbons (Fsp3) is 0.308. The first-order chi connectivity index (χ1) is 9.02. The summed E-state index contributed by atoms with van der Waals surface area (Å²) in [6, 6.07) is 6.01. The third-order valence-electron chi connectivity index (χ3n) is 2.44. The molecule has 0 fully saturated rings. The Morgan fingerprint density at radius 1 is 1.11 bits per heavy atom. The fourth-order valence-electron chi connectivity index (χ4n) is 1.32. The van der Waals surface area contributed by atoms with Crippen LogP contribution in [0.15, 0.2) is 24.3 Å². The third-order valence-corrected chi connectivity index (χ3v) is 2.44. The van der Waals surface area contributed by atoms with Crippen LogP contribution in [0.2, 0.25) is 0 Å². The van der Waals surface area contributed by atoms with Crippen molar-refractivity contribution >= 4 is 17.7 Å². The van der Waals surface area contributed by atoms with E-state index in [-0.39, 0.29) is 37.3 Å². The van der Waals surface area contributed by atoms with Gasteiger partial charge in [-0.05, 0) is 17.7 Å². The van der Waals surface area contributed by atoms with Crippen molar-refractivity contribution in [1.29, 1.82) is 0 Å². The van der Waals surface area contributed by atoms with Crippen LogP contribution in [0.4, 0.5) is 0 Å². The van der Waals surface area contributed by atoms with Crippen molar-refractivity contribution < 1.29 is 24.2 Å². The molecule has 0 spiro atoms. The van der Waals surface area contributed by atoms with Gasteiger partial charge in [-0.2, -0.15) is 0 Å². The molecule has 0 unspecified atom stereocenters. The van der Waals surface area contributed by atoms with Gasteiger partial charge in [0.1, 0.15) is 12.4 Å². The fourth-order valence-corrected chi connectivity index (χ4v) is 1.32. The SMILES string of the molecule is NCC(=O)CCC(=O)OCc1ccc(C(=O)O)cc1. The van der Waals surface area contributed by atoms with Gasteiger partial charge in [-0.1, -0.05) is 12.1 Å². The van der Waals surface area contributed by atoms with Crippen molar-refractivity contribution in [2.75, 3.05) is 6.54 Å². The summed E-state index contributed by atoms with van der Waals surface area (Å²) in [5, 5.41) is 8.71. The molecule has 0 amide bonds. The molecular formula is C13H15NO5. The lowest BCUT2D eigenvalue weighted by Gasteiger charge is -2.05. The predicted molar refractivity (Wildman–Crippen MR) is 66.5 cm³/mol. The van der Waals surface area contributed by atoms with Crippen LogP contribution < -0.4 is 5.73 Å². The number of hydrogen-bond donors (Lipinski definition) is 2. The van der Waals surface area contributed by atoms with Gasteiger partial charge in [-0.25, -0.2) is 4.79 Å². The average Bonchev–Trinajstić information content (AvgIpc) is 2.42. The summed E-state index contributed by atoms with van der Waals surface area (Å²) in [6.07, 6.45) is 0.0799. The lowest BCUT2D eigenvalue weighted by atomic mass is 10.1. The minimum absolute atomic E-state index is 0.00322. The van der Waals surface area contributed by atoms with Gasteiger partial charge in [-0.3, -0.25) is 9.59 Å². The number of ether oxygens (including phenoxy) is 1. The molecule has 102 valence electrons. The number of carbonyl (C=O) groups excluding carboxylic acids is 2. The molecule has 0 bridgehead atoms. The molecule has 0 saturated heterocycles. The number of aromatic carboxylic acids is 1. The Bertz CT molecular complexity index is 466. The number of rotatable bonds is 7. The van der Waals surface area contributed by atoms with Crippen LogP contribution in [0, 0.1) is 0 Å². The zero-order chi connectivity index (χ0) is 14.3. The number of Topliss-reactive ketones (excluding diaryl/α,β-unsaturated/α-hetero) is 1. The molecule has 0 aliphatic heterocycles. The smallest absolute Gasteiger partial charge is 0.335 e. The lowest BCUT2D eigenvalue weighted by Crippen LogP contribution is -2.15. The molecule has 0 aliphatic carbocycles. The molecule has 0 atom stereocenters. The Kier molecular flexibility index (Phi) is 5.69. The first-order valence-electron chi connectivity index (χ1n) is 5.72. The first kappa shape index (κ1) is 14.8. The van der Waals surface area contributed by atoms with Gasteiger partial charge in [0.05, 0.1) is 18.5 Å². The normalized spacial score (nSPS) is 9.95. The van der Waals surface area contributed by atoms with Gasteiger partial charge in [0, 0.05) is 6.42 Å². The highest BCUT2D eigenvalue weighted by atomic mass is 16.5. The van der Waals surface area contributed by atoms with Crippen LogP contribution >= 0.6 is 0 Å². The van der Waals surface area contributed by atoms with Crippen LogP contribution in [0.1, 0.15) is 28.8 Å². The topological polar surface area (TPSA) is 107 Å². The van der Waals surface area contributed by atoms with Crippen LogP contribution in [0.25, 0.3) is 0 Å². The molecular weight excluding hydrogens is 250 g/mol. The van der Waals surface area contributed by atoms with Crippen LogP contribution in [0.5, 0.6) is 0 Å². The third kappa shape index (κ3) is 5.31. The molecule has 1 aromatic rings. The molecule has 0 saturated carbocycles. The van der Waals surface area contributed by atoms with Crippen molar-refractivity contribution in [2.45, 2.75) is 19.4 Å². The summed E-state index contributed by atoms with van der Waals surface area (Å²) in [6.45, 7) is -0.0283. The maximum absolute atomic E-state index is 11.3. The molecule has 0 radical (unpaired) electrons. The molecule has 19 heavy (non-hydrogen) atoms. The number of benzene rings is 1. The Labute approximate surface area is 110 Å².